The Balaban J connectivity index is 1.78. The van der Waals surface area contributed by atoms with Crippen LogP contribution < -0.4 is 10.2 Å². The normalized spacial score (nSPS) is 10.5. The standard InChI is InChI=1S/C19H14FNO5/c1-25-18-7-6-11(20)8-13(18)17(23)10-26-19(24)15-9-16(22)12-4-2-3-5-14(12)21-15/h2-9H,10H2,1H3,(H,21,22). The van der Waals surface area contributed by atoms with Crippen molar-refractivity contribution in [2.45, 2.75) is 0 Å². The number of ether oxygens (including phenoxy) is 2. The molecule has 0 unspecified atom stereocenters. The van der Waals surface area contributed by atoms with Gasteiger partial charge in [0.15, 0.2) is 12.0 Å². The Morgan fingerprint density at radius 1 is 1.12 bits per heavy atom. The largest absolute Gasteiger partial charge is 0.496 e. The lowest BCUT2D eigenvalue weighted by Gasteiger charge is -2.09. The minimum absolute atomic E-state index is 0.0349. The molecule has 2 aromatic carbocycles. The Labute approximate surface area is 147 Å². The van der Waals surface area contributed by atoms with Crippen LogP contribution in [0.25, 0.3) is 10.9 Å². The van der Waals surface area contributed by atoms with Crippen molar-refractivity contribution in [1.29, 1.82) is 0 Å². The number of aromatic amines is 1. The number of H-pyrrole nitrogens is 1. The summed E-state index contributed by atoms with van der Waals surface area (Å²) in [5.74, 6) is -1.93. The summed E-state index contributed by atoms with van der Waals surface area (Å²) in [7, 11) is 1.34. The lowest BCUT2D eigenvalue weighted by Crippen LogP contribution is -2.18. The zero-order valence-electron chi connectivity index (χ0n) is 13.7. The Kier molecular flexibility index (Phi) is 4.79. The quantitative estimate of drug-likeness (QED) is 0.562. The van der Waals surface area contributed by atoms with E-state index in [0.717, 1.165) is 18.2 Å². The number of halogens is 1. The van der Waals surface area contributed by atoms with E-state index in [1.165, 1.54) is 13.2 Å². The first-order valence-corrected chi connectivity index (χ1v) is 7.65. The molecule has 0 aliphatic heterocycles. The minimum atomic E-state index is -0.864. The summed E-state index contributed by atoms with van der Waals surface area (Å²) in [5, 5.41) is 0.435. The van der Waals surface area contributed by atoms with E-state index in [1.54, 1.807) is 24.3 Å². The van der Waals surface area contributed by atoms with Crippen molar-refractivity contribution in [3.05, 3.63) is 75.8 Å². The van der Waals surface area contributed by atoms with Gasteiger partial charge < -0.3 is 14.5 Å². The van der Waals surface area contributed by atoms with Gasteiger partial charge in [-0.25, -0.2) is 9.18 Å². The Morgan fingerprint density at radius 2 is 1.88 bits per heavy atom. The fourth-order valence-corrected chi connectivity index (χ4v) is 2.49. The van der Waals surface area contributed by atoms with Gasteiger partial charge in [-0.05, 0) is 30.3 Å². The van der Waals surface area contributed by atoms with E-state index in [-0.39, 0.29) is 22.4 Å². The van der Waals surface area contributed by atoms with Gasteiger partial charge in [-0.3, -0.25) is 9.59 Å². The van der Waals surface area contributed by atoms with Crippen LogP contribution in [0.4, 0.5) is 4.39 Å². The molecule has 0 saturated heterocycles. The zero-order chi connectivity index (χ0) is 18.7. The van der Waals surface area contributed by atoms with Crippen molar-refractivity contribution in [1.82, 2.24) is 4.98 Å². The molecule has 1 heterocycles. The number of carbonyl (C=O) groups excluding carboxylic acids is 2. The lowest BCUT2D eigenvalue weighted by molar-refractivity contribution is 0.0468. The predicted octanol–water partition coefficient (Wildman–Crippen LogP) is 2.72. The van der Waals surface area contributed by atoms with Crippen LogP contribution in [0.15, 0.2) is 53.3 Å². The molecule has 3 rings (SSSR count). The second kappa shape index (κ2) is 7.18. The summed E-state index contributed by atoms with van der Waals surface area (Å²) < 4.78 is 23.3. The number of ketones is 1. The van der Waals surface area contributed by atoms with Crippen LogP contribution in [0.5, 0.6) is 5.75 Å². The number of para-hydroxylation sites is 1. The molecule has 7 heteroatoms. The third-order valence-electron chi connectivity index (χ3n) is 3.75. The number of rotatable bonds is 5. The number of benzene rings is 2. The van der Waals surface area contributed by atoms with E-state index in [1.807, 2.05) is 0 Å². The first-order valence-electron chi connectivity index (χ1n) is 7.65. The van der Waals surface area contributed by atoms with E-state index in [0.29, 0.717) is 10.9 Å². The third-order valence-corrected chi connectivity index (χ3v) is 3.75. The maximum atomic E-state index is 13.3. The van der Waals surface area contributed by atoms with Gasteiger partial charge in [-0.2, -0.15) is 0 Å². The van der Waals surface area contributed by atoms with Gasteiger partial charge in [0, 0.05) is 17.0 Å². The summed E-state index contributed by atoms with van der Waals surface area (Å²) in [5.41, 5.74) is 0.0227. The van der Waals surface area contributed by atoms with Gasteiger partial charge in [-0.1, -0.05) is 12.1 Å². The monoisotopic (exact) mass is 355 g/mol. The smallest absolute Gasteiger partial charge is 0.355 e. The molecule has 0 bridgehead atoms. The molecular formula is C19H14FNO5. The van der Waals surface area contributed by atoms with Gasteiger partial charge in [0.1, 0.15) is 17.3 Å². The SMILES string of the molecule is COc1ccc(F)cc1C(=O)COC(=O)c1cc(=O)c2ccccc2[nH]1. The molecule has 1 aromatic heterocycles. The molecule has 6 nitrogen and oxygen atoms in total. The summed E-state index contributed by atoms with van der Waals surface area (Å²) in [4.78, 5) is 39.2. The average molecular weight is 355 g/mol. The number of hydrogen-bond acceptors (Lipinski definition) is 5. The predicted molar refractivity (Wildman–Crippen MR) is 92.1 cm³/mol. The van der Waals surface area contributed by atoms with Crippen molar-refractivity contribution in [3.63, 3.8) is 0 Å². The lowest BCUT2D eigenvalue weighted by atomic mass is 10.1. The van der Waals surface area contributed by atoms with Crippen LogP contribution in [0.3, 0.4) is 0 Å². The number of fused-ring (bicyclic) bond motifs is 1. The number of methoxy groups -OCH3 is 1. The zero-order valence-corrected chi connectivity index (χ0v) is 13.7. The molecule has 0 fully saturated rings. The number of hydrogen-bond donors (Lipinski definition) is 1. The fraction of sp³-hybridized carbons (Fsp3) is 0.105. The number of carbonyl (C=O) groups is 2. The van der Waals surface area contributed by atoms with Gasteiger partial charge in [0.2, 0.25) is 5.78 Å². The molecule has 3 aromatic rings. The van der Waals surface area contributed by atoms with E-state index in [4.69, 9.17) is 9.47 Å². The number of pyridine rings is 1. The van der Waals surface area contributed by atoms with Crippen molar-refractivity contribution >= 4 is 22.7 Å². The van der Waals surface area contributed by atoms with E-state index in [2.05, 4.69) is 4.98 Å². The van der Waals surface area contributed by atoms with Crippen LogP contribution in [0.1, 0.15) is 20.8 Å². The van der Waals surface area contributed by atoms with Crippen molar-refractivity contribution < 1.29 is 23.5 Å². The molecule has 26 heavy (non-hydrogen) atoms. The third kappa shape index (κ3) is 3.46. The number of nitrogens with one attached hydrogen (secondary N) is 1. The maximum Gasteiger partial charge on any atom is 0.355 e. The molecule has 0 amide bonds. The fourth-order valence-electron chi connectivity index (χ4n) is 2.49. The van der Waals surface area contributed by atoms with E-state index in [9.17, 15) is 18.8 Å². The molecule has 1 N–H and O–H groups in total. The Bertz CT molecular complexity index is 1060. The van der Waals surface area contributed by atoms with Gasteiger partial charge in [0.05, 0.1) is 12.7 Å². The first-order chi connectivity index (χ1) is 12.5. The maximum absolute atomic E-state index is 13.3. The molecular weight excluding hydrogens is 341 g/mol. The minimum Gasteiger partial charge on any atom is -0.496 e. The second-order valence-corrected chi connectivity index (χ2v) is 5.44. The molecule has 0 aliphatic carbocycles. The molecule has 0 aliphatic rings. The van der Waals surface area contributed by atoms with Crippen LogP contribution >= 0.6 is 0 Å². The molecule has 132 valence electrons. The first kappa shape index (κ1) is 17.3. The van der Waals surface area contributed by atoms with Crippen molar-refractivity contribution in [2.24, 2.45) is 0 Å². The Hall–Kier alpha value is -3.48. The van der Waals surface area contributed by atoms with Crippen LogP contribution in [-0.2, 0) is 4.74 Å². The average Bonchev–Trinajstić information content (AvgIpc) is 2.65. The summed E-state index contributed by atoms with van der Waals surface area (Å²) in [6.07, 6.45) is 0. The van der Waals surface area contributed by atoms with Crippen LogP contribution in [0, 0.1) is 5.82 Å². The summed E-state index contributed by atoms with van der Waals surface area (Å²) in [6.45, 7) is -0.618. The van der Waals surface area contributed by atoms with Gasteiger partial charge in [-0.15, -0.1) is 0 Å². The molecule has 0 radical (unpaired) electrons. The summed E-state index contributed by atoms with van der Waals surface area (Å²) >= 11 is 0. The highest BCUT2D eigenvalue weighted by atomic mass is 19.1. The van der Waals surface area contributed by atoms with E-state index >= 15 is 0 Å². The number of Topliss-reactive ketones (excluding diaryl/α,β-unsaturated/α-hetero) is 1. The van der Waals surface area contributed by atoms with Crippen LogP contribution in [-0.4, -0.2) is 30.5 Å². The van der Waals surface area contributed by atoms with E-state index < -0.39 is 24.2 Å². The topological polar surface area (TPSA) is 85.5 Å². The van der Waals surface area contributed by atoms with Crippen molar-refractivity contribution in [3.8, 4) is 5.75 Å². The molecule has 0 atom stereocenters. The van der Waals surface area contributed by atoms with Crippen molar-refractivity contribution in [2.75, 3.05) is 13.7 Å². The highest BCUT2D eigenvalue weighted by molar-refractivity contribution is 6.01. The number of esters is 1. The second-order valence-electron chi connectivity index (χ2n) is 5.44. The van der Waals surface area contributed by atoms with Gasteiger partial charge in [0.25, 0.3) is 0 Å². The highest BCUT2D eigenvalue weighted by Gasteiger charge is 2.17. The van der Waals surface area contributed by atoms with Crippen LogP contribution in [0.2, 0.25) is 0 Å². The Morgan fingerprint density at radius 3 is 2.65 bits per heavy atom. The molecule has 0 saturated carbocycles. The summed E-state index contributed by atoms with van der Waals surface area (Å²) in [6, 6.07) is 11.3. The van der Waals surface area contributed by atoms with Gasteiger partial charge >= 0.3 is 5.97 Å². The molecule has 0 spiro atoms. The highest BCUT2D eigenvalue weighted by Crippen LogP contribution is 2.20. The number of aromatic nitrogens is 1.